The van der Waals surface area contributed by atoms with Gasteiger partial charge in [-0.3, -0.25) is 0 Å². The number of nitrogens with zero attached hydrogens (tertiary/aromatic N) is 2. The van der Waals surface area contributed by atoms with Crippen LogP contribution in [0.3, 0.4) is 0 Å². The van der Waals surface area contributed by atoms with Crippen molar-refractivity contribution in [3.8, 4) is 0 Å². The third kappa shape index (κ3) is 4.14. The Morgan fingerprint density at radius 2 is 1.63 bits per heavy atom. The number of hydrogen-bond acceptors (Lipinski definition) is 3. The van der Waals surface area contributed by atoms with E-state index in [1.807, 2.05) is 6.92 Å². The summed E-state index contributed by atoms with van der Waals surface area (Å²) in [6, 6.07) is 2.69. The maximum atomic E-state index is 13.2. The van der Waals surface area contributed by atoms with Gasteiger partial charge < -0.3 is 10.3 Å². The van der Waals surface area contributed by atoms with Crippen molar-refractivity contribution in [3.05, 3.63) is 59.2 Å². The summed E-state index contributed by atoms with van der Waals surface area (Å²) in [5, 5.41) is 3.13. The fourth-order valence-corrected chi connectivity index (χ4v) is 3.96. The van der Waals surface area contributed by atoms with Crippen LogP contribution < -0.4 is 5.32 Å². The summed E-state index contributed by atoms with van der Waals surface area (Å²) < 4.78 is 79.4. The molecule has 3 unspecified atom stereocenters. The highest BCUT2D eigenvalue weighted by Crippen LogP contribution is 2.41. The molecule has 3 heterocycles. The van der Waals surface area contributed by atoms with Gasteiger partial charge in [-0.15, -0.1) is 0 Å². The Labute approximate surface area is 167 Å². The first kappa shape index (κ1) is 20.6. The van der Waals surface area contributed by atoms with E-state index in [0.717, 1.165) is 17.6 Å². The van der Waals surface area contributed by atoms with E-state index in [1.165, 1.54) is 0 Å². The zero-order valence-corrected chi connectivity index (χ0v) is 15.8. The fraction of sp³-hybridized carbons (Fsp3) is 0.400. The molecule has 2 aromatic heterocycles. The third-order valence-electron chi connectivity index (χ3n) is 5.34. The summed E-state index contributed by atoms with van der Waals surface area (Å²) in [6.45, 7) is 1.84. The molecule has 0 bridgehead atoms. The molecule has 1 aliphatic rings. The van der Waals surface area contributed by atoms with Gasteiger partial charge in [0.25, 0.3) is 0 Å². The molecule has 2 N–H and O–H groups in total. The van der Waals surface area contributed by atoms with Gasteiger partial charge in [0, 0.05) is 24.2 Å². The van der Waals surface area contributed by atoms with E-state index in [0.29, 0.717) is 24.2 Å². The average Bonchev–Trinajstić information content (AvgIpc) is 3.13. The van der Waals surface area contributed by atoms with Gasteiger partial charge in [0.2, 0.25) is 0 Å². The molecule has 160 valence electrons. The second-order valence-electron chi connectivity index (χ2n) is 7.63. The number of piperidine rings is 1. The second-order valence-corrected chi connectivity index (χ2v) is 7.63. The zero-order valence-electron chi connectivity index (χ0n) is 15.8. The topological polar surface area (TPSA) is 53.6 Å². The van der Waals surface area contributed by atoms with Crippen LogP contribution in [0.15, 0.2) is 36.7 Å². The van der Waals surface area contributed by atoms with Crippen LogP contribution in [0.5, 0.6) is 0 Å². The minimum atomic E-state index is -4.88. The van der Waals surface area contributed by atoms with Gasteiger partial charge in [-0.2, -0.15) is 26.3 Å². The van der Waals surface area contributed by atoms with Crippen molar-refractivity contribution < 1.29 is 26.3 Å². The molecule has 1 saturated heterocycles. The van der Waals surface area contributed by atoms with Crippen LogP contribution in [0, 0.1) is 0 Å². The monoisotopic (exact) mass is 428 g/mol. The number of fused-ring (bicyclic) bond motifs is 1. The highest BCUT2D eigenvalue weighted by molar-refractivity contribution is 5.73. The van der Waals surface area contributed by atoms with Gasteiger partial charge in [0.1, 0.15) is 5.82 Å². The number of aromatic amines is 1. The third-order valence-corrected chi connectivity index (χ3v) is 5.34. The molecule has 4 nitrogen and oxygen atoms in total. The second kappa shape index (κ2) is 7.26. The van der Waals surface area contributed by atoms with Crippen molar-refractivity contribution >= 4 is 11.0 Å². The number of halogens is 6. The molecule has 0 saturated carbocycles. The Morgan fingerprint density at radius 1 is 0.967 bits per heavy atom. The molecule has 30 heavy (non-hydrogen) atoms. The highest BCUT2D eigenvalue weighted by Gasteiger charge is 2.38. The van der Waals surface area contributed by atoms with Crippen LogP contribution >= 0.6 is 0 Å². The van der Waals surface area contributed by atoms with Crippen molar-refractivity contribution in [2.24, 2.45) is 0 Å². The number of H-pyrrole nitrogens is 1. The molecule has 10 heteroatoms. The van der Waals surface area contributed by atoms with E-state index in [-0.39, 0.29) is 23.6 Å². The Hall–Kier alpha value is -2.62. The van der Waals surface area contributed by atoms with Crippen LogP contribution in [0.2, 0.25) is 0 Å². The fourth-order valence-electron chi connectivity index (χ4n) is 3.96. The van der Waals surface area contributed by atoms with Gasteiger partial charge >= 0.3 is 12.4 Å². The first-order valence-corrected chi connectivity index (χ1v) is 9.36. The Morgan fingerprint density at radius 3 is 2.27 bits per heavy atom. The first-order chi connectivity index (χ1) is 14.0. The number of alkyl halides is 6. The number of benzene rings is 1. The van der Waals surface area contributed by atoms with Gasteiger partial charge in [0.15, 0.2) is 0 Å². The molecule has 3 atom stereocenters. The van der Waals surface area contributed by atoms with Crippen molar-refractivity contribution in [1.82, 2.24) is 20.3 Å². The predicted octanol–water partition coefficient (Wildman–Crippen LogP) is 5.59. The van der Waals surface area contributed by atoms with E-state index in [4.69, 9.17) is 0 Å². The van der Waals surface area contributed by atoms with Crippen LogP contribution in [0.1, 0.15) is 54.2 Å². The minimum Gasteiger partial charge on any atom is -0.359 e. The highest BCUT2D eigenvalue weighted by atomic mass is 19.4. The molecule has 0 spiro atoms. The zero-order chi connectivity index (χ0) is 21.7. The number of hydrogen-bond donors (Lipinski definition) is 2. The van der Waals surface area contributed by atoms with Crippen molar-refractivity contribution in [2.75, 3.05) is 0 Å². The molecular weight excluding hydrogens is 410 g/mol. The van der Waals surface area contributed by atoms with E-state index in [2.05, 4.69) is 20.3 Å². The van der Waals surface area contributed by atoms with Gasteiger partial charge in [-0.25, -0.2) is 9.97 Å². The molecule has 0 aliphatic carbocycles. The molecule has 3 aromatic rings. The Bertz CT molecular complexity index is 1020. The molecular formula is C20H18F6N4. The smallest absolute Gasteiger partial charge is 0.359 e. The Kier molecular flexibility index (Phi) is 5.00. The van der Waals surface area contributed by atoms with E-state index >= 15 is 0 Å². The van der Waals surface area contributed by atoms with Crippen LogP contribution in [0.4, 0.5) is 26.3 Å². The summed E-state index contributed by atoms with van der Waals surface area (Å²) >= 11 is 0. The van der Waals surface area contributed by atoms with Crippen LogP contribution in [-0.2, 0) is 12.4 Å². The standard InChI is InChI=1S/C20H18F6N4/c1-10-4-12(18-28-9-17-15(30-18)2-3-27-17)7-16(29-10)11-5-13(19(21,22)23)8-14(6-11)20(24,25)26/h2-3,5-6,8-10,12,16,27,29H,4,7H2,1H3. The number of aromatic nitrogens is 3. The molecule has 1 aliphatic heterocycles. The maximum Gasteiger partial charge on any atom is 0.416 e. The van der Waals surface area contributed by atoms with Crippen LogP contribution in [0.25, 0.3) is 11.0 Å². The largest absolute Gasteiger partial charge is 0.416 e. The number of nitrogens with one attached hydrogen (secondary N) is 2. The van der Waals surface area contributed by atoms with E-state index < -0.39 is 29.5 Å². The average molecular weight is 428 g/mol. The lowest BCUT2D eigenvalue weighted by atomic mass is 9.84. The lowest BCUT2D eigenvalue weighted by Crippen LogP contribution is -2.38. The van der Waals surface area contributed by atoms with Gasteiger partial charge in [0.05, 0.1) is 28.4 Å². The van der Waals surface area contributed by atoms with Gasteiger partial charge in [-0.1, -0.05) is 0 Å². The van der Waals surface area contributed by atoms with Crippen molar-refractivity contribution in [3.63, 3.8) is 0 Å². The molecule has 0 amide bonds. The SMILES string of the molecule is CC1CC(c2ncc3[nH]ccc3n2)CC(c2cc(C(F)(F)F)cc(C(F)(F)F)c2)N1. The van der Waals surface area contributed by atoms with E-state index in [1.54, 1.807) is 18.5 Å². The maximum absolute atomic E-state index is 13.2. The van der Waals surface area contributed by atoms with Crippen LogP contribution in [-0.4, -0.2) is 21.0 Å². The van der Waals surface area contributed by atoms with Crippen molar-refractivity contribution in [2.45, 2.75) is 50.1 Å². The minimum absolute atomic E-state index is 0.0450. The molecule has 1 fully saturated rings. The normalized spacial score (nSPS) is 23.1. The first-order valence-electron chi connectivity index (χ1n) is 9.36. The summed E-state index contributed by atoms with van der Waals surface area (Å²) in [7, 11) is 0. The lowest BCUT2D eigenvalue weighted by molar-refractivity contribution is -0.143. The summed E-state index contributed by atoms with van der Waals surface area (Å²) in [4.78, 5) is 11.8. The predicted molar refractivity (Wildman–Crippen MR) is 97.6 cm³/mol. The number of rotatable bonds is 2. The van der Waals surface area contributed by atoms with Gasteiger partial charge in [-0.05, 0) is 49.6 Å². The summed E-state index contributed by atoms with van der Waals surface area (Å²) in [5.41, 5.74) is -1.20. The quantitative estimate of drug-likeness (QED) is 0.523. The lowest BCUT2D eigenvalue weighted by Gasteiger charge is -2.35. The molecule has 4 rings (SSSR count). The van der Waals surface area contributed by atoms with E-state index in [9.17, 15) is 26.3 Å². The molecule has 1 aromatic carbocycles. The Balaban J connectivity index is 1.70. The summed E-state index contributed by atoms with van der Waals surface area (Å²) in [5.74, 6) is 0.331. The van der Waals surface area contributed by atoms with Crippen molar-refractivity contribution in [1.29, 1.82) is 0 Å². The summed E-state index contributed by atoms with van der Waals surface area (Å²) in [6.07, 6.45) is -5.49. The molecule has 0 radical (unpaired) electrons.